The Bertz CT molecular complexity index is 389. The van der Waals surface area contributed by atoms with Crippen LogP contribution in [0.5, 0.6) is 0 Å². The van der Waals surface area contributed by atoms with E-state index in [0.29, 0.717) is 0 Å². The third-order valence-corrected chi connectivity index (χ3v) is 2.59. The fourth-order valence-corrected chi connectivity index (χ4v) is 1.72. The van der Waals surface area contributed by atoms with Crippen LogP contribution in [-0.2, 0) is 19.6 Å². The molecule has 0 aromatic heterocycles. The molecule has 0 spiro atoms. The molecule has 0 saturated heterocycles. The van der Waals surface area contributed by atoms with Crippen molar-refractivity contribution in [3.63, 3.8) is 0 Å². The summed E-state index contributed by atoms with van der Waals surface area (Å²) in [6.45, 7) is 6.41. The van der Waals surface area contributed by atoms with Crippen molar-refractivity contribution < 1.29 is 17.9 Å². The fourth-order valence-electron chi connectivity index (χ4n) is 0.834. The standard InChI is InChI=1S/C9H16N2O4S/c1-7(8(12)15-9(2,3)4)11-16(13,14)6-5-10/h7,11H,6H2,1-4H3/t7-/m1/s1. The van der Waals surface area contributed by atoms with E-state index in [1.807, 2.05) is 0 Å². The third kappa shape index (κ3) is 6.37. The molecule has 0 saturated carbocycles. The van der Waals surface area contributed by atoms with Gasteiger partial charge in [0, 0.05) is 0 Å². The minimum absolute atomic E-state index is 0.672. The van der Waals surface area contributed by atoms with Gasteiger partial charge in [0.2, 0.25) is 10.0 Å². The van der Waals surface area contributed by atoms with E-state index in [-0.39, 0.29) is 0 Å². The third-order valence-electron chi connectivity index (χ3n) is 1.37. The van der Waals surface area contributed by atoms with Gasteiger partial charge in [0.15, 0.2) is 5.75 Å². The Hall–Kier alpha value is -1.13. The number of sulfonamides is 1. The van der Waals surface area contributed by atoms with Crippen molar-refractivity contribution in [2.45, 2.75) is 39.3 Å². The maximum absolute atomic E-state index is 11.4. The number of nitriles is 1. The average molecular weight is 248 g/mol. The smallest absolute Gasteiger partial charge is 0.324 e. The second-order valence-electron chi connectivity index (χ2n) is 4.29. The van der Waals surface area contributed by atoms with Gasteiger partial charge in [-0.25, -0.2) is 13.1 Å². The summed E-state index contributed by atoms with van der Waals surface area (Å²) >= 11 is 0. The molecule has 0 amide bonds. The molecular formula is C9H16N2O4S. The first-order valence-corrected chi connectivity index (χ1v) is 6.32. The molecule has 16 heavy (non-hydrogen) atoms. The second kappa shape index (κ2) is 5.27. The molecule has 6 nitrogen and oxygen atoms in total. The van der Waals surface area contributed by atoms with Crippen molar-refractivity contribution in [2.24, 2.45) is 0 Å². The number of carbonyl (C=O) groups is 1. The highest BCUT2D eigenvalue weighted by atomic mass is 32.2. The molecule has 0 heterocycles. The zero-order valence-corrected chi connectivity index (χ0v) is 10.6. The summed E-state index contributed by atoms with van der Waals surface area (Å²) in [5.41, 5.74) is -0.675. The number of carbonyl (C=O) groups excluding carboxylic acids is 1. The van der Waals surface area contributed by atoms with E-state index in [9.17, 15) is 13.2 Å². The first-order chi connectivity index (χ1) is 7.07. The van der Waals surface area contributed by atoms with E-state index in [0.717, 1.165) is 0 Å². The molecule has 0 aromatic rings. The summed E-state index contributed by atoms with van der Waals surface area (Å²) in [7, 11) is -3.74. The normalized spacial score (nSPS) is 13.9. The Morgan fingerprint density at radius 1 is 1.50 bits per heavy atom. The van der Waals surface area contributed by atoms with E-state index in [1.165, 1.54) is 13.0 Å². The summed E-state index contributed by atoms with van der Waals surface area (Å²) < 4.78 is 29.4. The lowest BCUT2D eigenvalue weighted by atomic mass is 10.2. The van der Waals surface area contributed by atoms with Gasteiger partial charge in [-0.05, 0) is 27.7 Å². The van der Waals surface area contributed by atoms with Crippen LogP contribution in [0, 0.1) is 11.3 Å². The molecule has 0 fully saturated rings. The summed E-state index contributed by atoms with van der Waals surface area (Å²) in [5.74, 6) is -1.35. The van der Waals surface area contributed by atoms with E-state index in [1.54, 1.807) is 20.8 Å². The Balaban J connectivity index is 4.44. The summed E-state index contributed by atoms with van der Waals surface area (Å²) in [6, 6.07) is 0.496. The number of hydrogen-bond donors (Lipinski definition) is 1. The summed E-state index contributed by atoms with van der Waals surface area (Å²) in [4.78, 5) is 11.4. The largest absolute Gasteiger partial charge is 0.459 e. The van der Waals surface area contributed by atoms with Crippen molar-refractivity contribution in [3.8, 4) is 6.07 Å². The van der Waals surface area contributed by atoms with Crippen LogP contribution in [0.4, 0.5) is 0 Å². The molecule has 1 atom stereocenters. The van der Waals surface area contributed by atoms with Gasteiger partial charge in [-0.15, -0.1) is 0 Å². The fraction of sp³-hybridized carbons (Fsp3) is 0.778. The van der Waals surface area contributed by atoms with Gasteiger partial charge in [-0.3, -0.25) is 4.79 Å². The molecule has 92 valence electrons. The number of rotatable bonds is 4. The Morgan fingerprint density at radius 2 is 2.00 bits per heavy atom. The van der Waals surface area contributed by atoms with Crippen LogP contribution in [0.15, 0.2) is 0 Å². The molecule has 0 rings (SSSR count). The van der Waals surface area contributed by atoms with Crippen molar-refractivity contribution in [3.05, 3.63) is 0 Å². The van der Waals surface area contributed by atoms with Crippen LogP contribution < -0.4 is 4.72 Å². The van der Waals surface area contributed by atoms with Crippen LogP contribution in [0.3, 0.4) is 0 Å². The molecule has 0 radical (unpaired) electrons. The highest BCUT2D eigenvalue weighted by Gasteiger charge is 2.25. The molecule has 7 heteroatoms. The molecular weight excluding hydrogens is 232 g/mol. The topological polar surface area (TPSA) is 96.3 Å². The van der Waals surface area contributed by atoms with Crippen molar-refractivity contribution >= 4 is 16.0 Å². The lowest BCUT2D eigenvalue weighted by Crippen LogP contribution is -2.42. The maximum atomic E-state index is 11.4. The van der Waals surface area contributed by atoms with Gasteiger partial charge in [0.1, 0.15) is 11.6 Å². The lowest BCUT2D eigenvalue weighted by molar-refractivity contribution is -0.156. The minimum atomic E-state index is -3.74. The van der Waals surface area contributed by atoms with E-state index in [4.69, 9.17) is 10.00 Å². The molecule has 0 aromatic carbocycles. The highest BCUT2D eigenvalue weighted by molar-refractivity contribution is 7.89. The number of nitrogens with zero attached hydrogens (tertiary/aromatic N) is 1. The van der Waals surface area contributed by atoms with Crippen molar-refractivity contribution in [1.29, 1.82) is 5.26 Å². The van der Waals surface area contributed by atoms with Crippen LogP contribution in [0.25, 0.3) is 0 Å². The Kier molecular flexibility index (Phi) is 4.90. The van der Waals surface area contributed by atoms with Gasteiger partial charge < -0.3 is 4.74 Å². The van der Waals surface area contributed by atoms with Gasteiger partial charge in [-0.1, -0.05) is 0 Å². The lowest BCUT2D eigenvalue weighted by Gasteiger charge is -2.22. The molecule has 0 aliphatic heterocycles. The van der Waals surface area contributed by atoms with Crippen molar-refractivity contribution in [2.75, 3.05) is 5.75 Å². The minimum Gasteiger partial charge on any atom is -0.459 e. The highest BCUT2D eigenvalue weighted by Crippen LogP contribution is 2.08. The maximum Gasteiger partial charge on any atom is 0.324 e. The summed E-state index contributed by atoms with van der Waals surface area (Å²) in [6.07, 6.45) is 0. The monoisotopic (exact) mass is 248 g/mol. The number of nitrogens with one attached hydrogen (secondary N) is 1. The molecule has 0 aliphatic carbocycles. The summed E-state index contributed by atoms with van der Waals surface area (Å²) in [5, 5.41) is 8.25. The van der Waals surface area contributed by atoms with Gasteiger partial charge in [0.25, 0.3) is 0 Å². The van der Waals surface area contributed by atoms with Crippen LogP contribution in [0.1, 0.15) is 27.7 Å². The molecule has 0 aliphatic rings. The second-order valence-corrected chi connectivity index (χ2v) is 6.04. The van der Waals surface area contributed by atoms with Crippen molar-refractivity contribution in [1.82, 2.24) is 4.72 Å². The predicted molar refractivity (Wildman–Crippen MR) is 57.8 cm³/mol. The zero-order chi connectivity index (χ0) is 13.0. The first kappa shape index (κ1) is 14.9. The van der Waals surface area contributed by atoms with Gasteiger partial charge in [0.05, 0.1) is 6.07 Å². The van der Waals surface area contributed by atoms with Crippen LogP contribution >= 0.6 is 0 Å². The zero-order valence-electron chi connectivity index (χ0n) is 9.77. The number of esters is 1. The average Bonchev–Trinajstić information content (AvgIpc) is 1.99. The molecule has 0 bridgehead atoms. The molecule has 0 unspecified atom stereocenters. The van der Waals surface area contributed by atoms with E-state index in [2.05, 4.69) is 4.72 Å². The van der Waals surface area contributed by atoms with E-state index < -0.39 is 33.4 Å². The molecule has 1 N–H and O–H groups in total. The van der Waals surface area contributed by atoms with Crippen LogP contribution in [-0.4, -0.2) is 31.8 Å². The quantitative estimate of drug-likeness (QED) is 0.715. The van der Waals surface area contributed by atoms with E-state index >= 15 is 0 Å². The Morgan fingerprint density at radius 3 is 2.38 bits per heavy atom. The SMILES string of the molecule is C[C@@H](NS(=O)(=O)CC#N)C(=O)OC(C)(C)C. The van der Waals surface area contributed by atoms with Gasteiger partial charge in [-0.2, -0.15) is 5.26 Å². The van der Waals surface area contributed by atoms with Crippen LogP contribution in [0.2, 0.25) is 0 Å². The number of hydrogen-bond acceptors (Lipinski definition) is 5. The Labute approximate surface area is 95.6 Å². The van der Waals surface area contributed by atoms with Gasteiger partial charge >= 0.3 is 5.97 Å². The predicted octanol–water partition coefficient (Wildman–Crippen LogP) is 0.160. The number of ether oxygens (including phenoxy) is 1. The first-order valence-electron chi connectivity index (χ1n) is 4.67.